The van der Waals surface area contributed by atoms with Gasteiger partial charge in [0.1, 0.15) is 13.2 Å². The molecule has 76 heteroatoms. The molecule has 0 aliphatic rings. The summed E-state index contributed by atoms with van der Waals surface area (Å²) >= 11 is -4.39. The van der Waals surface area contributed by atoms with Gasteiger partial charge in [0.05, 0.1) is 6.42 Å². The maximum atomic E-state index is 14.8. The van der Waals surface area contributed by atoms with Gasteiger partial charge in [-0.25, -0.2) is 4.79 Å². The molecule has 0 N–H and O–H groups in total. The van der Waals surface area contributed by atoms with Crippen LogP contribution in [0, 0.1) is 0 Å². The van der Waals surface area contributed by atoms with E-state index >= 15 is 0 Å². The molecule has 758 valence electrons. The fourth-order valence-corrected chi connectivity index (χ4v) is 12.9. The Bertz CT molecular complexity index is 3710. The normalized spacial score (nSPS) is 16.8. The van der Waals surface area contributed by atoms with Crippen LogP contribution in [0.25, 0.3) is 0 Å². The minimum Gasteiger partial charge on any atom is -0.464 e. The minimum absolute atomic E-state index is 1.05. The Kier molecular flexibility index (Phi) is 34.5. The maximum Gasteiger partial charge on any atom is 0.460 e. The smallest absolute Gasteiger partial charge is 0.460 e. The molecule has 4 nitrogen and oxygen atoms in total. The molecule has 0 bridgehead atoms. The topological polar surface area (TPSA) is 52.6 Å². The lowest BCUT2D eigenvalue weighted by atomic mass is 9.88. The zero-order chi connectivity index (χ0) is 103. The molecule has 0 amide bonds. The first-order valence-corrected chi connectivity index (χ1v) is 34.2. The summed E-state index contributed by atoms with van der Waals surface area (Å²) in [5, 5.41) is -5.84. The summed E-state index contributed by atoms with van der Waals surface area (Å²) < 4.78 is 948. The Morgan fingerprint density at radius 2 is 0.362 bits per heavy atom. The third-order valence-corrected chi connectivity index (χ3v) is 21.0. The lowest BCUT2D eigenvalue weighted by molar-refractivity contribution is -0.461. The van der Waals surface area contributed by atoms with Gasteiger partial charge in [0.2, 0.25) is 0 Å². The van der Waals surface area contributed by atoms with Crippen LogP contribution in [0.4, 0.5) is 299 Å². The first kappa shape index (κ1) is 122. The zero-order valence-electron chi connectivity index (χ0n) is 57.5. The summed E-state index contributed by atoms with van der Waals surface area (Å²) in [7, 11) is 0. The SMILES string of the molecule is C=C(CC(=O)OCC(CSCCC(F)(F)C(F)(F)C(F)(F)C(F)(F)C(F)(F)C(F)(F)C(F)(F)C(F)(F)F)SCCC(F)(F)C(F)(F)C(F)(F)C(F)(F)C(F)(F)C(F)(F)C(F)(F)C(F)(F)F)C(=O)OCC(CSCCC(F)(F)C(F)(F)C(F)(F)C(F)(F)C(F)(F)C(F)(F)C(F)(F)C(F)(F)F)SCCC(F)(F)C(F)(F)C(F)(F)C(F)(F)C(F)(F)C(F)(F)C(F)(F)C(F)(F)F. The van der Waals surface area contributed by atoms with Gasteiger partial charge in [0.15, 0.2) is 0 Å². The van der Waals surface area contributed by atoms with Crippen LogP contribution in [0.15, 0.2) is 12.2 Å². The molecule has 0 radical (unpaired) electrons. The Hall–Kier alpha value is -4.68. The number of ether oxygens (including phenoxy) is 2. The molecule has 0 rings (SSSR count). The number of hydrogen-bond donors (Lipinski definition) is 0. The Balaban J connectivity index is 7.95. The summed E-state index contributed by atoms with van der Waals surface area (Å²) in [5.74, 6) is -267. The maximum absolute atomic E-state index is 14.8. The summed E-state index contributed by atoms with van der Waals surface area (Å²) in [6, 6.07) is 0. The highest BCUT2D eigenvalue weighted by atomic mass is 32.2. The van der Waals surface area contributed by atoms with E-state index in [1.165, 1.54) is 0 Å². The van der Waals surface area contributed by atoms with Crippen molar-refractivity contribution < 1.29 is 318 Å². The number of halogens is 68. The van der Waals surface area contributed by atoms with Gasteiger partial charge in [-0.2, -0.15) is 346 Å². The molecule has 127 heavy (non-hydrogen) atoms. The number of rotatable bonds is 49. The molecule has 0 saturated carbocycles. The van der Waals surface area contributed by atoms with Crippen LogP contribution < -0.4 is 0 Å². The monoisotopic (exact) mass is 2130 g/mol. The second-order valence-electron chi connectivity index (χ2n) is 24.8. The Labute approximate surface area is 669 Å². The predicted molar refractivity (Wildman–Crippen MR) is 284 cm³/mol. The minimum atomic E-state index is -9.36. The molecule has 0 fully saturated rings. The van der Waals surface area contributed by atoms with Crippen molar-refractivity contribution in [2.75, 3.05) is 47.7 Å². The van der Waals surface area contributed by atoms with Crippen molar-refractivity contribution in [2.45, 2.75) is 233 Å². The second kappa shape index (κ2) is 35.9. The van der Waals surface area contributed by atoms with Crippen LogP contribution in [0.1, 0.15) is 32.1 Å². The molecular formula is C51H30F68O4S4. The van der Waals surface area contributed by atoms with E-state index < -0.39 is 345 Å². The van der Waals surface area contributed by atoms with Crippen LogP contribution in [0.2, 0.25) is 0 Å². The van der Waals surface area contributed by atoms with Gasteiger partial charge in [0.25, 0.3) is 0 Å². The molecular weight excluding hydrogens is 2100 g/mol. The Morgan fingerprint density at radius 3 is 0.535 bits per heavy atom. The first-order valence-electron chi connectivity index (χ1n) is 29.8. The molecule has 2 unspecified atom stereocenters. The van der Waals surface area contributed by atoms with E-state index in [9.17, 15) is 308 Å². The zero-order valence-corrected chi connectivity index (χ0v) is 60.8. The van der Waals surface area contributed by atoms with Crippen LogP contribution in [-0.2, 0) is 19.1 Å². The van der Waals surface area contributed by atoms with Crippen LogP contribution >= 0.6 is 47.0 Å². The second-order valence-corrected chi connectivity index (χ2v) is 29.9. The number of thioether (sulfide) groups is 4. The number of alkyl halides is 68. The van der Waals surface area contributed by atoms with Gasteiger partial charge >= 0.3 is 202 Å². The van der Waals surface area contributed by atoms with E-state index in [0.717, 1.165) is 0 Å². The molecule has 0 aromatic rings. The highest BCUT2D eigenvalue weighted by molar-refractivity contribution is 8.03. The third-order valence-electron chi connectivity index (χ3n) is 15.9. The highest BCUT2D eigenvalue weighted by Crippen LogP contribution is 2.71. The fourth-order valence-electron chi connectivity index (χ4n) is 7.99. The summed E-state index contributed by atoms with van der Waals surface area (Å²) in [4.78, 5) is 25.5. The fraction of sp³-hybridized carbons (Fsp3) is 0.922. The quantitative estimate of drug-likeness (QED) is 0.0259. The van der Waals surface area contributed by atoms with Gasteiger partial charge < -0.3 is 9.47 Å². The van der Waals surface area contributed by atoms with Crippen LogP contribution in [0.3, 0.4) is 0 Å². The van der Waals surface area contributed by atoms with Crippen LogP contribution in [0.5, 0.6) is 0 Å². The van der Waals surface area contributed by atoms with E-state index in [0.29, 0.717) is 0 Å². The van der Waals surface area contributed by atoms with Gasteiger partial charge in [-0.05, 0) is 23.0 Å². The van der Waals surface area contributed by atoms with Gasteiger partial charge in [0, 0.05) is 53.3 Å². The molecule has 0 saturated heterocycles. The van der Waals surface area contributed by atoms with Gasteiger partial charge in [-0.15, -0.1) is 0 Å². The standard InChI is InChI=1S/C51H30F68O4S4/c1-15(19(121)123-12-17(127-9-5-23(58,59)27(66,67)31(74,75)35(82,83)39(90,91)43(98,99)47(106,107)51(117,118)119)14-125-7-3-21(54,55)25(62,63)29(70,71)33(78,79)37(86,87)41(94,95)45(102,103)49(111,112)113)10-18(120)122-11-16(126-8-4-22(56,57)26(64,65)30(72,73)34(80,81)38(88,89)42(96,97)46(104,105)50(114,115)116)13-124-6-2-20(52,53)24(60,61)28(68,69)32(76,77)36(84,85)40(92,93)44(100,101)48(108,109)110/h16-17H,1-14H2. The van der Waals surface area contributed by atoms with E-state index in [2.05, 4.69) is 16.1 Å². The van der Waals surface area contributed by atoms with E-state index in [-0.39, 0.29) is 0 Å². The van der Waals surface area contributed by atoms with E-state index in [1.54, 1.807) is 0 Å². The van der Waals surface area contributed by atoms with Crippen molar-refractivity contribution in [3.05, 3.63) is 12.2 Å². The lowest BCUT2D eigenvalue weighted by Crippen LogP contribution is -2.74. The van der Waals surface area contributed by atoms with Gasteiger partial charge in [-0.1, -0.05) is 6.58 Å². The largest absolute Gasteiger partial charge is 0.464 e. The average Bonchev–Trinajstić information content (AvgIpc) is 0.707. The van der Waals surface area contributed by atoms with Crippen molar-refractivity contribution in [3.63, 3.8) is 0 Å². The third kappa shape index (κ3) is 19.8. The van der Waals surface area contributed by atoms with Gasteiger partial charge in [-0.3, -0.25) is 4.79 Å². The number of carbonyl (C=O) groups excluding carboxylic acids is 2. The summed E-state index contributed by atoms with van der Waals surface area (Å²) in [5.41, 5.74) is -1.92. The molecule has 0 aromatic carbocycles. The molecule has 2 atom stereocenters. The number of hydrogen-bond acceptors (Lipinski definition) is 8. The van der Waals surface area contributed by atoms with Crippen molar-refractivity contribution >= 4 is 59.0 Å². The van der Waals surface area contributed by atoms with Crippen molar-refractivity contribution in [1.29, 1.82) is 0 Å². The summed E-state index contributed by atoms with van der Waals surface area (Å²) in [6.07, 6.45) is -50.1. The highest BCUT2D eigenvalue weighted by Gasteiger charge is 3.00. The predicted octanol–water partition coefficient (Wildman–Crippen LogP) is 26.3. The molecule has 0 aliphatic carbocycles. The average molecular weight is 2130 g/mol. The number of esters is 2. The Morgan fingerprint density at radius 1 is 0.213 bits per heavy atom. The molecule has 0 spiro atoms. The van der Waals surface area contributed by atoms with E-state index in [4.69, 9.17) is 0 Å². The van der Waals surface area contributed by atoms with Crippen molar-refractivity contribution in [2.24, 2.45) is 0 Å². The van der Waals surface area contributed by atoms with E-state index in [1.807, 2.05) is 0 Å². The molecule has 0 aromatic heterocycles. The first-order chi connectivity index (χ1) is 54.6. The summed E-state index contributed by atoms with van der Waals surface area (Å²) in [6.45, 7) is -2.08. The lowest BCUT2D eigenvalue weighted by Gasteiger charge is -2.42. The molecule has 0 heterocycles. The van der Waals surface area contributed by atoms with Crippen LogP contribution in [-0.4, -0.2) is 261 Å². The van der Waals surface area contributed by atoms with Crippen molar-refractivity contribution in [1.82, 2.24) is 0 Å². The molecule has 0 aliphatic heterocycles. The number of carbonyl (C=O) groups is 2. The van der Waals surface area contributed by atoms with Crippen molar-refractivity contribution in [3.8, 4) is 0 Å².